The highest BCUT2D eigenvalue weighted by Crippen LogP contribution is 2.19. The molecule has 2 aromatic carbocycles. The summed E-state index contributed by atoms with van der Waals surface area (Å²) in [7, 11) is 0. The Hall–Kier alpha value is -2.53. The van der Waals surface area contributed by atoms with Gasteiger partial charge in [0, 0.05) is 22.7 Å². The molecular formula is C21H22N2O2S. The Morgan fingerprint density at radius 1 is 1.08 bits per heavy atom. The Morgan fingerprint density at radius 3 is 2.38 bits per heavy atom. The van der Waals surface area contributed by atoms with Crippen molar-refractivity contribution in [3.05, 3.63) is 65.7 Å². The smallest absolute Gasteiger partial charge is 0.248 e. The van der Waals surface area contributed by atoms with E-state index < -0.39 is 0 Å². The van der Waals surface area contributed by atoms with Crippen LogP contribution in [0.3, 0.4) is 0 Å². The van der Waals surface area contributed by atoms with Gasteiger partial charge in [0.05, 0.1) is 6.42 Å². The van der Waals surface area contributed by atoms with E-state index in [1.165, 1.54) is 11.0 Å². The standard InChI is InChI=1S/C21H22N2O2S/c1-26-19-11-4-15(5-12-19)6-13-20(24)22-17-7-2-16(3-8-17)14-21(25)23-18-9-10-18/h2-8,11-13,18H,9-10,14H2,1H3,(H,22,24)(H,23,25)/b13-6+. The molecule has 5 heteroatoms. The number of hydrogen-bond donors (Lipinski definition) is 2. The lowest BCUT2D eigenvalue weighted by molar-refractivity contribution is -0.120. The van der Waals surface area contributed by atoms with Crippen LogP contribution in [0.25, 0.3) is 6.08 Å². The number of benzene rings is 2. The molecule has 0 radical (unpaired) electrons. The van der Waals surface area contributed by atoms with Gasteiger partial charge in [0.2, 0.25) is 11.8 Å². The van der Waals surface area contributed by atoms with Gasteiger partial charge in [-0.3, -0.25) is 9.59 Å². The van der Waals surface area contributed by atoms with Crippen molar-refractivity contribution in [3.63, 3.8) is 0 Å². The van der Waals surface area contributed by atoms with Gasteiger partial charge in [-0.15, -0.1) is 11.8 Å². The summed E-state index contributed by atoms with van der Waals surface area (Å²) < 4.78 is 0. The van der Waals surface area contributed by atoms with Crippen LogP contribution in [0.15, 0.2) is 59.5 Å². The molecule has 0 aliphatic heterocycles. The normalized spacial score (nSPS) is 13.6. The topological polar surface area (TPSA) is 58.2 Å². The zero-order valence-electron chi connectivity index (χ0n) is 14.7. The van der Waals surface area contributed by atoms with Crippen LogP contribution in [0, 0.1) is 0 Å². The first-order valence-electron chi connectivity index (χ1n) is 8.64. The maximum absolute atomic E-state index is 12.0. The van der Waals surface area contributed by atoms with E-state index in [4.69, 9.17) is 0 Å². The number of carbonyl (C=O) groups excluding carboxylic acids is 2. The van der Waals surface area contributed by atoms with E-state index >= 15 is 0 Å². The van der Waals surface area contributed by atoms with Gasteiger partial charge in [-0.05, 0) is 60.6 Å². The molecule has 4 nitrogen and oxygen atoms in total. The number of hydrogen-bond acceptors (Lipinski definition) is 3. The summed E-state index contributed by atoms with van der Waals surface area (Å²) in [4.78, 5) is 25.0. The summed E-state index contributed by atoms with van der Waals surface area (Å²) in [5.74, 6) is -0.127. The minimum atomic E-state index is -0.182. The molecule has 0 aromatic heterocycles. The van der Waals surface area contributed by atoms with Crippen molar-refractivity contribution in [2.75, 3.05) is 11.6 Å². The third-order valence-corrected chi connectivity index (χ3v) is 4.82. The van der Waals surface area contributed by atoms with Crippen molar-refractivity contribution in [3.8, 4) is 0 Å². The molecule has 2 N–H and O–H groups in total. The monoisotopic (exact) mass is 366 g/mol. The molecule has 0 heterocycles. The molecule has 2 amide bonds. The molecule has 134 valence electrons. The van der Waals surface area contributed by atoms with E-state index in [1.54, 1.807) is 17.8 Å². The summed E-state index contributed by atoms with van der Waals surface area (Å²) >= 11 is 1.69. The fraction of sp³-hybridized carbons (Fsp3) is 0.238. The highest BCUT2D eigenvalue weighted by molar-refractivity contribution is 7.98. The van der Waals surface area contributed by atoms with Crippen LogP contribution >= 0.6 is 11.8 Å². The van der Waals surface area contributed by atoms with Crippen LogP contribution in [0.4, 0.5) is 5.69 Å². The van der Waals surface area contributed by atoms with Crippen LogP contribution in [0.5, 0.6) is 0 Å². The molecule has 0 bridgehead atoms. The minimum absolute atomic E-state index is 0.0553. The second-order valence-electron chi connectivity index (χ2n) is 6.31. The molecule has 0 atom stereocenters. The van der Waals surface area contributed by atoms with E-state index in [2.05, 4.69) is 10.6 Å². The Morgan fingerprint density at radius 2 is 1.77 bits per heavy atom. The van der Waals surface area contributed by atoms with E-state index in [0.717, 1.165) is 24.0 Å². The summed E-state index contributed by atoms with van der Waals surface area (Å²) in [6, 6.07) is 15.8. The average Bonchev–Trinajstić information content (AvgIpc) is 3.46. The van der Waals surface area contributed by atoms with E-state index in [9.17, 15) is 9.59 Å². The van der Waals surface area contributed by atoms with Gasteiger partial charge in [-0.1, -0.05) is 24.3 Å². The van der Waals surface area contributed by atoms with Crippen LogP contribution < -0.4 is 10.6 Å². The second kappa shape index (κ2) is 8.72. The Labute approximate surface area is 158 Å². The molecule has 26 heavy (non-hydrogen) atoms. The van der Waals surface area contributed by atoms with Gasteiger partial charge >= 0.3 is 0 Å². The van der Waals surface area contributed by atoms with E-state index in [-0.39, 0.29) is 11.8 Å². The second-order valence-corrected chi connectivity index (χ2v) is 7.19. The number of amides is 2. The molecule has 1 fully saturated rings. The van der Waals surface area contributed by atoms with Crippen molar-refractivity contribution in [1.29, 1.82) is 0 Å². The quantitative estimate of drug-likeness (QED) is 0.577. The maximum atomic E-state index is 12.0. The first-order valence-corrected chi connectivity index (χ1v) is 9.86. The molecular weight excluding hydrogens is 344 g/mol. The number of nitrogens with one attached hydrogen (secondary N) is 2. The number of anilines is 1. The van der Waals surface area contributed by atoms with Gasteiger partial charge in [0.15, 0.2) is 0 Å². The lowest BCUT2D eigenvalue weighted by Gasteiger charge is -2.06. The maximum Gasteiger partial charge on any atom is 0.248 e. The largest absolute Gasteiger partial charge is 0.353 e. The zero-order chi connectivity index (χ0) is 18.4. The van der Waals surface area contributed by atoms with Crippen LogP contribution in [0.2, 0.25) is 0 Å². The molecule has 1 aliphatic carbocycles. The molecule has 1 saturated carbocycles. The van der Waals surface area contributed by atoms with Crippen molar-refractivity contribution in [2.45, 2.75) is 30.2 Å². The number of carbonyl (C=O) groups is 2. The third kappa shape index (κ3) is 5.77. The van der Waals surface area contributed by atoms with E-state index in [1.807, 2.05) is 54.8 Å². The fourth-order valence-corrected chi connectivity index (χ4v) is 2.88. The van der Waals surface area contributed by atoms with Crippen LogP contribution in [-0.2, 0) is 16.0 Å². The fourth-order valence-electron chi connectivity index (χ4n) is 2.47. The Kier molecular flexibility index (Phi) is 6.12. The highest BCUT2D eigenvalue weighted by Gasteiger charge is 2.22. The highest BCUT2D eigenvalue weighted by atomic mass is 32.2. The summed E-state index contributed by atoms with van der Waals surface area (Å²) in [5.41, 5.74) is 2.63. The lowest BCUT2D eigenvalue weighted by Crippen LogP contribution is -2.26. The predicted molar refractivity (Wildman–Crippen MR) is 107 cm³/mol. The first-order chi connectivity index (χ1) is 12.6. The van der Waals surface area contributed by atoms with E-state index in [0.29, 0.717) is 18.2 Å². The van der Waals surface area contributed by atoms with Crippen LogP contribution in [0.1, 0.15) is 24.0 Å². The van der Waals surface area contributed by atoms with Crippen LogP contribution in [-0.4, -0.2) is 24.1 Å². The number of rotatable bonds is 7. The average molecular weight is 366 g/mol. The lowest BCUT2D eigenvalue weighted by atomic mass is 10.1. The van der Waals surface area contributed by atoms with Gasteiger partial charge < -0.3 is 10.6 Å². The SMILES string of the molecule is CSc1ccc(/C=C/C(=O)Nc2ccc(CC(=O)NC3CC3)cc2)cc1. The van der Waals surface area contributed by atoms with Gasteiger partial charge in [0.25, 0.3) is 0 Å². The molecule has 2 aromatic rings. The van der Waals surface area contributed by atoms with Crippen molar-refractivity contribution < 1.29 is 9.59 Å². The van der Waals surface area contributed by atoms with Gasteiger partial charge in [-0.25, -0.2) is 0 Å². The van der Waals surface area contributed by atoms with Crippen molar-refractivity contribution in [2.24, 2.45) is 0 Å². The zero-order valence-corrected chi connectivity index (χ0v) is 15.5. The molecule has 1 aliphatic rings. The number of thioether (sulfide) groups is 1. The third-order valence-electron chi connectivity index (χ3n) is 4.07. The summed E-state index contributed by atoms with van der Waals surface area (Å²) in [6.45, 7) is 0. The predicted octanol–water partition coefficient (Wildman–Crippen LogP) is 3.88. The van der Waals surface area contributed by atoms with Crippen molar-refractivity contribution >= 4 is 35.3 Å². The molecule has 0 unspecified atom stereocenters. The van der Waals surface area contributed by atoms with Gasteiger partial charge in [-0.2, -0.15) is 0 Å². The summed E-state index contributed by atoms with van der Waals surface area (Å²) in [6.07, 6.45) is 7.89. The molecule has 0 saturated heterocycles. The van der Waals surface area contributed by atoms with Crippen molar-refractivity contribution in [1.82, 2.24) is 5.32 Å². The van der Waals surface area contributed by atoms with Gasteiger partial charge in [0.1, 0.15) is 0 Å². The first kappa shape index (κ1) is 18.3. The molecule has 0 spiro atoms. The molecule has 3 rings (SSSR count). The minimum Gasteiger partial charge on any atom is -0.353 e. The summed E-state index contributed by atoms with van der Waals surface area (Å²) in [5, 5.41) is 5.80. The Balaban J connectivity index is 1.50. The Bertz CT molecular complexity index is 794.